The van der Waals surface area contributed by atoms with Gasteiger partial charge in [0.15, 0.2) is 0 Å². The summed E-state index contributed by atoms with van der Waals surface area (Å²) in [4.78, 5) is 13.1. The zero-order valence-corrected chi connectivity index (χ0v) is 18.5. The van der Waals surface area contributed by atoms with Gasteiger partial charge in [0.05, 0.1) is 10.9 Å². The van der Waals surface area contributed by atoms with E-state index in [-0.39, 0.29) is 16.8 Å². The maximum Gasteiger partial charge on any atom is 0.251 e. The van der Waals surface area contributed by atoms with E-state index in [4.69, 9.17) is 0 Å². The van der Waals surface area contributed by atoms with Crippen LogP contribution in [0.5, 0.6) is 0 Å². The molecule has 0 aromatic heterocycles. The Bertz CT molecular complexity index is 1010. The van der Waals surface area contributed by atoms with Gasteiger partial charge in [-0.25, -0.2) is 8.42 Å². The number of carbonyl (C=O) groups excluding carboxylic acids is 1. The van der Waals surface area contributed by atoms with Crippen molar-refractivity contribution in [1.29, 1.82) is 0 Å². The highest BCUT2D eigenvalue weighted by molar-refractivity contribution is 7.89. The van der Waals surface area contributed by atoms with E-state index in [1.807, 2.05) is 32.9 Å². The number of benzene rings is 2. The average Bonchev–Trinajstić information content (AvgIpc) is 2.68. The van der Waals surface area contributed by atoms with Crippen molar-refractivity contribution in [2.45, 2.75) is 57.9 Å². The van der Waals surface area contributed by atoms with Gasteiger partial charge >= 0.3 is 0 Å². The molecule has 29 heavy (non-hydrogen) atoms. The molecule has 0 radical (unpaired) electrons. The van der Waals surface area contributed by atoms with Gasteiger partial charge in [-0.1, -0.05) is 36.2 Å². The lowest BCUT2D eigenvalue weighted by Crippen LogP contribution is -2.36. The fourth-order valence-electron chi connectivity index (χ4n) is 3.93. The summed E-state index contributed by atoms with van der Waals surface area (Å²) in [5, 5.41) is 3.00. The second-order valence-electron chi connectivity index (χ2n) is 8.00. The van der Waals surface area contributed by atoms with Crippen LogP contribution in [0, 0.1) is 20.8 Å². The SMILES string of the molecule is Cc1ccc([C@@H](C)NC(=O)c2ccc(C)c(S(=O)(=O)N3CCCCC3)c2)c(C)c1. The van der Waals surface area contributed by atoms with E-state index < -0.39 is 10.0 Å². The molecule has 1 amide bonds. The number of aryl methyl sites for hydroxylation is 3. The monoisotopic (exact) mass is 414 g/mol. The molecule has 0 bridgehead atoms. The highest BCUT2D eigenvalue weighted by Gasteiger charge is 2.28. The van der Waals surface area contributed by atoms with Crippen LogP contribution in [0.2, 0.25) is 0 Å². The molecule has 0 unspecified atom stereocenters. The minimum atomic E-state index is -3.59. The molecular formula is C23H30N2O3S. The van der Waals surface area contributed by atoms with Crippen LogP contribution in [0.3, 0.4) is 0 Å². The zero-order valence-electron chi connectivity index (χ0n) is 17.7. The van der Waals surface area contributed by atoms with E-state index in [0.29, 0.717) is 24.2 Å². The van der Waals surface area contributed by atoms with E-state index in [0.717, 1.165) is 30.4 Å². The molecule has 0 saturated carbocycles. The number of sulfonamides is 1. The van der Waals surface area contributed by atoms with Crippen molar-refractivity contribution < 1.29 is 13.2 Å². The average molecular weight is 415 g/mol. The third-order valence-corrected chi connectivity index (χ3v) is 7.66. The van der Waals surface area contributed by atoms with Gasteiger partial charge in [-0.15, -0.1) is 0 Å². The van der Waals surface area contributed by atoms with Crippen LogP contribution in [0.1, 0.15) is 64.8 Å². The standard InChI is InChI=1S/C23H30N2O3S/c1-16-8-11-21(18(3)14-16)19(4)24-23(26)20-10-9-17(2)22(15-20)29(27,28)25-12-6-5-7-13-25/h8-11,14-15,19H,5-7,12-13H2,1-4H3,(H,24,26)/t19-/m1/s1. The number of hydrogen-bond acceptors (Lipinski definition) is 3. The predicted octanol–water partition coefficient (Wildman–Crippen LogP) is 4.28. The largest absolute Gasteiger partial charge is 0.346 e. The summed E-state index contributed by atoms with van der Waals surface area (Å²) < 4.78 is 27.7. The Labute approximate surface area is 174 Å². The Morgan fingerprint density at radius 1 is 0.966 bits per heavy atom. The molecule has 2 aromatic carbocycles. The van der Waals surface area contributed by atoms with Crippen molar-refractivity contribution in [3.05, 3.63) is 64.2 Å². The molecule has 3 rings (SSSR count). The quantitative estimate of drug-likeness (QED) is 0.794. The molecule has 1 heterocycles. The first kappa shape index (κ1) is 21.5. The number of carbonyl (C=O) groups is 1. The van der Waals surface area contributed by atoms with Crippen LogP contribution in [0.4, 0.5) is 0 Å². The summed E-state index contributed by atoms with van der Waals surface area (Å²) in [7, 11) is -3.59. The number of amides is 1. The Kier molecular flexibility index (Phi) is 6.44. The van der Waals surface area contributed by atoms with Crippen LogP contribution in [0.25, 0.3) is 0 Å². The molecular weight excluding hydrogens is 384 g/mol. The smallest absolute Gasteiger partial charge is 0.251 e. The molecule has 156 valence electrons. The topological polar surface area (TPSA) is 66.5 Å². The van der Waals surface area contributed by atoms with Crippen LogP contribution in [-0.4, -0.2) is 31.7 Å². The summed E-state index contributed by atoms with van der Waals surface area (Å²) in [5.41, 5.74) is 4.38. The molecule has 1 atom stereocenters. The summed E-state index contributed by atoms with van der Waals surface area (Å²) in [6, 6.07) is 10.9. The minimum absolute atomic E-state index is 0.174. The van der Waals surface area contributed by atoms with Crippen molar-refractivity contribution in [1.82, 2.24) is 9.62 Å². The number of nitrogens with one attached hydrogen (secondary N) is 1. The maximum atomic E-state index is 13.1. The van der Waals surface area contributed by atoms with Crippen molar-refractivity contribution in [2.75, 3.05) is 13.1 Å². The molecule has 0 aliphatic carbocycles. The fraction of sp³-hybridized carbons (Fsp3) is 0.435. The van der Waals surface area contributed by atoms with Crippen LogP contribution in [0.15, 0.2) is 41.3 Å². The number of hydrogen-bond donors (Lipinski definition) is 1. The number of piperidine rings is 1. The molecule has 1 aliphatic heterocycles. The second kappa shape index (κ2) is 8.67. The van der Waals surface area contributed by atoms with E-state index in [1.54, 1.807) is 23.4 Å². The van der Waals surface area contributed by atoms with Crippen molar-refractivity contribution in [3.8, 4) is 0 Å². The maximum absolute atomic E-state index is 13.1. The molecule has 1 aliphatic rings. The van der Waals surface area contributed by atoms with Gasteiger partial charge in [-0.05, 0) is 69.4 Å². The Hall–Kier alpha value is -2.18. The van der Waals surface area contributed by atoms with Crippen molar-refractivity contribution >= 4 is 15.9 Å². The van der Waals surface area contributed by atoms with Crippen LogP contribution < -0.4 is 5.32 Å². The van der Waals surface area contributed by atoms with Gasteiger partial charge in [0.1, 0.15) is 0 Å². The Morgan fingerprint density at radius 3 is 2.31 bits per heavy atom. The van der Waals surface area contributed by atoms with Gasteiger partial charge in [-0.3, -0.25) is 4.79 Å². The van der Waals surface area contributed by atoms with Crippen LogP contribution in [-0.2, 0) is 10.0 Å². The molecule has 2 aromatic rings. The third kappa shape index (κ3) is 4.70. The van der Waals surface area contributed by atoms with Crippen molar-refractivity contribution in [3.63, 3.8) is 0 Å². The molecule has 1 N–H and O–H groups in total. The Balaban J connectivity index is 1.84. The highest BCUT2D eigenvalue weighted by Crippen LogP contribution is 2.25. The summed E-state index contributed by atoms with van der Waals surface area (Å²) >= 11 is 0. The van der Waals surface area contributed by atoms with Gasteiger partial charge in [0, 0.05) is 18.7 Å². The van der Waals surface area contributed by atoms with Gasteiger partial charge in [-0.2, -0.15) is 4.31 Å². The molecule has 6 heteroatoms. The summed E-state index contributed by atoms with van der Waals surface area (Å²) in [6.45, 7) is 8.87. The van der Waals surface area contributed by atoms with Crippen LogP contribution >= 0.6 is 0 Å². The first-order valence-electron chi connectivity index (χ1n) is 10.2. The van der Waals surface area contributed by atoms with E-state index in [9.17, 15) is 13.2 Å². The number of rotatable bonds is 5. The fourth-order valence-corrected chi connectivity index (χ4v) is 5.70. The summed E-state index contributed by atoms with van der Waals surface area (Å²) in [6.07, 6.45) is 2.82. The Morgan fingerprint density at radius 2 is 1.66 bits per heavy atom. The summed E-state index contributed by atoms with van der Waals surface area (Å²) in [5.74, 6) is -0.271. The molecule has 5 nitrogen and oxygen atoms in total. The first-order chi connectivity index (χ1) is 13.7. The number of nitrogens with zero attached hydrogens (tertiary/aromatic N) is 1. The van der Waals surface area contributed by atoms with Gasteiger partial charge in [0.2, 0.25) is 10.0 Å². The lowest BCUT2D eigenvalue weighted by atomic mass is 10.00. The van der Waals surface area contributed by atoms with Gasteiger partial charge in [0.25, 0.3) is 5.91 Å². The normalized spacial score (nSPS) is 16.4. The lowest BCUT2D eigenvalue weighted by Gasteiger charge is -2.26. The predicted molar refractivity (Wildman–Crippen MR) is 116 cm³/mol. The zero-order chi connectivity index (χ0) is 21.2. The third-order valence-electron chi connectivity index (χ3n) is 5.62. The van der Waals surface area contributed by atoms with E-state index in [1.165, 1.54) is 11.6 Å². The molecule has 1 saturated heterocycles. The van der Waals surface area contributed by atoms with E-state index >= 15 is 0 Å². The van der Waals surface area contributed by atoms with Gasteiger partial charge < -0.3 is 5.32 Å². The van der Waals surface area contributed by atoms with Crippen molar-refractivity contribution in [2.24, 2.45) is 0 Å². The first-order valence-corrected chi connectivity index (χ1v) is 11.6. The second-order valence-corrected chi connectivity index (χ2v) is 9.91. The molecule has 1 fully saturated rings. The minimum Gasteiger partial charge on any atom is -0.346 e. The highest BCUT2D eigenvalue weighted by atomic mass is 32.2. The lowest BCUT2D eigenvalue weighted by molar-refractivity contribution is 0.0939. The van der Waals surface area contributed by atoms with E-state index in [2.05, 4.69) is 11.4 Å². The molecule has 0 spiro atoms.